The highest BCUT2D eigenvalue weighted by molar-refractivity contribution is 7.99. The van der Waals surface area contributed by atoms with Crippen molar-refractivity contribution in [3.63, 3.8) is 0 Å². The second-order valence-electron chi connectivity index (χ2n) is 5.02. The third kappa shape index (κ3) is 5.10. The van der Waals surface area contributed by atoms with Crippen LogP contribution in [0.4, 0.5) is 8.78 Å². The van der Waals surface area contributed by atoms with Crippen molar-refractivity contribution in [2.45, 2.75) is 37.1 Å². The number of alkyl halides is 2. The van der Waals surface area contributed by atoms with Crippen molar-refractivity contribution in [2.24, 2.45) is 0 Å². The van der Waals surface area contributed by atoms with Crippen molar-refractivity contribution < 1.29 is 8.78 Å². The topological polar surface area (TPSA) is 24.9 Å². The van der Waals surface area contributed by atoms with E-state index in [4.69, 9.17) is 0 Å². The van der Waals surface area contributed by atoms with Gasteiger partial charge in [-0.1, -0.05) is 37.7 Å². The van der Waals surface area contributed by atoms with Gasteiger partial charge in [-0.05, 0) is 29.3 Å². The van der Waals surface area contributed by atoms with Crippen molar-refractivity contribution in [1.82, 2.24) is 10.3 Å². The maximum absolute atomic E-state index is 12.3. The molecule has 0 saturated heterocycles. The highest BCUT2D eigenvalue weighted by Crippen LogP contribution is 2.28. The minimum atomic E-state index is -2.39. The van der Waals surface area contributed by atoms with Crippen LogP contribution in [0.1, 0.15) is 19.4 Å². The van der Waals surface area contributed by atoms with E-state index < -0.39 is 5.76 Å². The van der Waals surface area contributed by atoms with Gasteiger partial charge in [0, 0.05) is 35.4 Å². The maximum atomic E-state index is 12.3. The summed E-state index contributed by atoms with van der Waals surface area (Å²) in [5, 5.41) is 3.34. The predicted molar refractivity (Wildman–Crippen MR) is 83.5 cm³/mol. The normalized spacial score (nSPS) is 11.3. The maximum Gasteiger partial charge on any atom is 0.288 e. The zero-order valence-corrected chi connectivity index (χ0v) is 12.8. The van der Waals surface area contributed by atoms with Gasteiger partial charge in [0.05, 0.1) is 0 Å². The van der Waals surface area contributed by atoms with E-state index in [0.717, 1.165) is 23.2 Å². The van der Waals surface area contributed by atoms with E-state index in [1.807, 2.05) is 18.3 Å². The molecule has 0 radical (unpaired) electrons. The molecule has 0 aliphatic carbocycles. The summed E-state index contributed by atoms with van der Waals surface area (Å²) >= 11 is 0.558. The molecule has 2 aromatic rings. The fourth-order valence-electron chi connectivity index (χ4n) is 1.89. The van der Waals surface area contributed by atoms with Crippen LogP contribution in [0, 0.1) is 0 Å². The number of halogens is 2. The Kier molecular flexibility index (Phi) is 5.70. The smallest absolute Gasteiger partial charge is 0.288 e. The fraction of sp³-hybridized carbons (Fsp3) is 0.312. The van der Waals surface area contributed by atoms with Gasteiger partial charge in [-0.25, -0.2) is 0 Å². The van der Waals surface area contributed by atoms with Gasteiger partial charge in [0.2, 0.25) is 0 Å². The summed E-state index contributed by atoms with van der Waals surface area (Å²) in [5.74, 6) is -2.39. The molecule has 0 aliphatic rings. The van der Waals surface area contributed by atoms with Crippen molar-refractivity contribution in [2.75, 3.05) is 0 Å². The number of aromatic nitrogens is 1. The summed E-state index contributed by atoms with van der Waals surface area (Å²) in [7, 11) is 0. The first-order valence-corrected chi connectivity index (χ1v) is 7.65. The van der Waals surface area contributed by atoms with Crippen molar-refractivity contribution in [3.05, 3.63) is 48.3 Å². The van der Waals surface area contributed by atoms with Crippen LogP contribution in [-0.2, 0) is 6.54 Å². The van der Waals surface area contributed by atoms with Gasteiger partial charge in [-0.15, -0.1) is 0 Å². The Balaban J connectivity index is 2.12. The molecule has 0 bridgehead atoms. The molecule has 1 N–H and O–H groups in total. The number of nitrogens with one attached hydrogen (secondary N) is 1. The lowest BCUT2D eigenvalue weighted by molar-refractivity contribution is 0.252. The van der Waals surface area contributed by atoms with E-state index in [0.29, 0.717) is 22.7 Å². The number of rotatable bonds is 6. The monoisotopic (exact) mass is 308 g/mol. The van der Waals surface area contributed by atoms with Gasteiger partial charge in [0.25, 0.3) is 5.76 Å². The summed E-state index contributed by atoms with van der Waals surface area (Å²) in [6.07, 6.45) is 3.62. The molecule has 112 valence electrons. The number of hydrogen-bond donors (Lipinski definition) is 1. The molecule has 0 amide bonds. The largest absolute Gasteiger partial charge is 0.310 e. The molecule has 0 spiro atoms. The van der Waals surface area contributed by atoms with Crippen molar-refractivity contribution in [1.29, 1.82) is 0 Å². The molecule has 0 aliphatic heterocycles. The SMILES string of the molecule is CC(C)NCc1cncc(-c2ccc(SC(F)F)cc2)c1. The zero-order chi connectivity index (χ0) is 15.2. The van der Waals surface area contributed by atoms with Crippen LogP contribution >= 0.6 is 11.8 Å². The molecule has 0 atom stereocenters. The minimum absolute atomic E-state index is 0.416. The van der Waals surface area contributed by atoms with Gasteiger partial charge in [0.1, 0.15) is 0 Å². The van der Waals surface area contributed by atoms with E-state index in [1.54, 1.807) is 18.3 Å². The zero-order valence-electron chi connectivity index (χ0n) is 12.0. The number of benzene rings is 1. The molecule has 0 unspecified atom stereocenters. The van der Waals surface area contributed by atoms with Crippen LogP contribution in [0.3, 0.4) is 0 Å². The molecule has 1 aromatic heterocycles. The number of nitrogens with zero attached hydrogens (tertiary/aromatic N) is 1. The Bertz CT molecular complexity index is 571. The van der Waals surface area contributed by atoms with Crippen LogP contribution in [0.25, 0.3) is 11.1 Å². The Morgan fingerprint density at radius 3 is 2.43 bits per heavy atom. The molecular weight excluding hydrogens is 290 g/mol. The Hall–Kier alpha value is -1.46. The van der Waals surface area contributed by atoms with E-state index in [9.17, 15) is 8.78 Å². The van der Waals surface area contributed by atoms with Gasteiger partial charge in [-0.3, -0.25) is 4.98 Å². The summed E-state index contributed by atoms with van der Waals surface area (Å²) < 4.78 is 24.6. The molecule has 0 saturated carbocycles. The van der Waals surface area contributed by atoms with Gasteiger partial charge >= 0.3 is 0 Å². The standard InChI is InChI=1S/C16H18F2N2S/c1-11(2)20-9-12-7-14(10-19-8-12)13-3-5-15(6-4-13)21-16(17)18/h3-8,10-11,16,20H,9H2,1-2H3. The first-order valence-electron chi connectivity index (χ1n) is 6.77. The summed E-state index contributed by atoms with van der Waals surface area (Å²) in [6, 6.07) is 9.61. The van der Waals surface area contributed by atoms with E-state index in [2.05, 4.69) is 30.2 Å². The second-order valence-corrected chi connectivity index (χ2v) is 6.08. The minimum Gasteiger partial charge on any atom is -0.310 e. The first kappa shape index (κ1) is 15.9. The van der Waals surface area contributed by atoms with Crippen LogP contribution < -0.4 is 5.32 Å². The summed E-state index contributed by atoms with van der Waals surface area (Å²) in [4.78, 5) is 4.81. The molecule has 1 heterocycles. The van der Waals surface area contributed by atoms with Gasteiger partial charge in [-0.2, -0.15) is 8.78 Å². The third-order valence-corrected chi connectivity index (χ3v) is 3.64. The molecular formula is C16H18F2N2S. The average molecular weight is 308 g/mol. The lowest BCUT2D eigenvalue weighted by atomic mass is 10.1. The molecule has 2 rings (SSSR count). The Labute approximate surface area is 128 Å². The summed E-state index contributed by atoms with van der Waals surface area (Å²) in [6.45, 7) is 4.95. The van der Waals surface area contributed by atoms with Gasteiger partial charge < -0.3 is 5.32 Å². The van der Waals surface area contributed by atoms with Crippen LogP contribution in [0.5, 0.6) is 0 Å². The number of thioether (sulfide) groups is 1. The van der Waals surface area contributed by atoms with Crippen LogP contribution in [0.15, 0.2) is 47.6 Å². The highest BCUT2D eigenvalue weighted by Gasteiger charge is 2.06. The Morgan fingerprint density at radius 2 is 1.81 bits per heavy atom. The lowest BCUT2D eigenvalue weighted by Crippen LogP contribution is -2.21. The molecule has 5 heteroatoms. The van der Waals surface area contributed by atoms with E-state index in [-0.39, 0.29) is 0 Å². The van der Waals surface area contributed by atoms with Crippen LogP contribution in [-0.4, -0.2) is 16.8 Å². The first-order chi connectivity index (χ1) is 10.0. The lowest BCUT2D eigenvalue weighted by Gasteiger charge is -2.09. The quantitative estimate of drug-likeness (QED) is 0.792. The average Bonchev–Trinajstić information content (AvgIpc) is 2.45. The number of pyridine rings is 1. The van der Waals surface area contributed by atoms with E-state index >= 15 is 0 Å². The predicted octanol–water partition coefficient (Wildman–Crippen LogP) is 4.56. The van der Waals surface area contributed by atoms with Crippen molar-refractivity contribution in [3.8, 4) is 11.1 Å². The van der Waals surface area contributed by atoms with E-state index in [1.165, 1.54) is 0 Å². The number of hydrogen-bond acceptors (Lipinski definition) is 3. The fourth-order valence-corrected chi connectivity index (χ4v) is 2.39. The van der Waals surface area contributed by atoms with Crippen molar-refractivity contribution >= 4 is 11.8 Å². The summed E-state index contributed by atoms with van der Waals surface area (Å²) in [5.41, 5.74) is 3.08. The molecule has 2 nitrogen and oxygen atoms in total. The van der Waals surface area contributed by atoms with Gasteiger partial charge in [0.15, 0.2) is 0 Å². The molecule has 0 fully saturated rings. The second kappa shape index (κ2) is 7.52. The van der Waals surface area contributed by atoms with Crippen LogP contribution in [0.2, 0.25) is 0 Å². The highest BCUT2D eigenvalue weighted by atomic mass is 32.2. The third-order valence-electron chi connectivity index (χ3n) is 2.92. The molecule has 1 aromatic carbocycles. The molecule has 21 heavy (non-hydrogen) atoms. The Morgan fingerprint density at radius 1 is 1.10 bits per heavy atom.